The maximum absolute atomic E-state index is 13.5. The summed E-state index contributed by atoms with van der Waals surface area (Å²) in [7, 11) is 4.63. The molecule has 1 amide bonds. The number of hydrogen-bond donors (Lipinski definition) is 1. The number of fused-ring (bicyclic) bond motifs is 5. The summed E-state index contributed by atoms with van der Waals surface area (Å²) in [4.78, 5) is 28.4. The number of piperidine rings is 1. The van der Waals surface area contributed by atoms with Crippen LogP contribution in [-0.2, 0) is 24.5 Å². The summed E-state index contributed by atoms with van der Waals surface area (Å²) < 4.78 is 22.0. The van der Waals surface area contributed by atoms with Crippen LogP contribution >= 0.6 is 0 Å². The first-order valence-corrected chi connectivity index (χ1v) is 11.0. The molecule has 3 fully saturated rings. The normalized spacial score (nSPS) is 36.4. The van der Waals surface area contributed by atoms with Gasteiger partial charge in [-0.1, -0.05) is 0 Å². The number of nitrogens with zero attached hydrogens (tertiary/aromatic N) is 1. The molecule has 5 rings (SSSR count). The van der Waals surface area contributed by atoms with Gasteiger partial charge in [-0.2, -0.15) is 0 Å². The SMILES string of the molecule is COC(=O)[C@H]1CO[C@H](C)[C@H]2CN3CC[C@@]4(C(=O)Nc5cc(OC)c(OC)cc54)[C@@H]3C[C@@H]21. The van der Waals surface area contributed by atoms with E-state index in [0.29, 0.717) is 18.1 Å². The minimum absolute atomic E-state index is 0.0190. The van der Waals surface area contributed by atoms with Crippen molar-refractivity contribution >= 4 is 17.6 Å². The van der Waals surface area contributed by atoms with E-state index in [1.165, 1.54) is 7.11 Å². The third-order valence-corrected chi connectivity index (χ3v) is 8.11. The fourth-order valence-electron chi connectivity index (χ4n) is 6.50. The first kappa shape index (κ1) is 20.6. The summed E-state index contributed by atoms with van der Waals surface area (Å²) >= 11 is 0. The summed E-state index contributed by atoms with van der Waals surface area (Å²) in [6, 6.07) is 3.82. The van der Waals surface area contributed by atoms with Crippen LogP contribution in [0.5, 0.6) is 11.5 Å². The number of ether oxygens (including phenoxy) is 4. The van der Waals surface area contributed by atoms with Crippen molar-refractivity contribution in [1.82, 2.24) is 4.90 Å². The predicted molar refractivity (Wildman–Crippen MR) is 112 cm³/mol. The quantitative estimate of drug-likeness (QED) is 0.732. The lowest BCUT2D eigenvalue weighted by Gasteiger charge is -2.50. The first-order chi connectivity index (χ1) is 14.9. The predicted octanol–water partition coefficient (Wildman–Crippen LogP) is 1.81. The van der Waals surface area contributed by atoms with Gasteiger partial charge in [-0.3, -0.25) is 14.5 Å². The molecule has 1 aromatic carbocycles. The van der Waals surface area contributed by atoms with Crippen LogP contribution in [0.4, 0.5) is 5.69 Å². The number of rotatable bonds is 3. The number of hydrogen-bond acceptors (Lipinski definition) is 7. The van der Waals surface area contributed by atoms with Crippen LogP contribution in [0.2, 0.25) is 0 Å². The van der Waals surface area contributed by atoms with E-state index >= 15 is 0 Å². The highest BCUT2D eigenvalue weighted by Crippen LogP contribution is 2.55. The molecule has 4 aliphatic rings. The Bertz CT molecular complexity index is 920. The zero-order valence-electron chi connectivity index (χ0n) is 18.5. The Morgan fingerprint density at radius 3 is 2.65 bits per heavy atom. The van der Waals surface area contributed by atoms with Gasteiger partial charge in [0.25, 0.3) is 0 Å². The number of methoxy groups -OCH3 is 3. The van der Waals surface area contributed by atoms with Crippen LogP contribution in [0.15, 0.2) is 12.1 Å². The van der Waals surface area contributed by atoms with Crippen LogP contribution in [0.25, 0.3) is 0 Å². The average molecular weight is 431 g/mol. The fraction of sp³-hybridized carbons (Fsp3) is 0.652. The molecule has 0 radical (unpaired) electrons. The van der Waals surface area contributed by atoms with Gasteiger partial charge in [0.2, 0.25) is 5.91 Å². The van der Waals surface area contributed by atoms with E-state index in [9.17, 15) is 9.59 Å². The Balaban J connectivity index is 1.55. The van der Waals surface area contributed by atoms with E-state index < -0.39 is 5.41 Å². The van der Waals surface area contributed by atoms with Gasteiger partial charge >= 0.3 is 5.97 Å². The Hall–Kier alpha value is -2.32. The van der Waals surface area contributed by atoms with Gasteiger partial charge in [-0.25, -0.2) is 0 Å². The molecular weight excluding hydrogens is 400 g/mol. The lowest BCUT2D eigenvalue weighted by molar-refractivity contribution is -0.169. The molecule has 0 aromatic heterocycles. The second-order valence-electron chi connectivity index (χ2n) is 9.17. The monoisotopic (exact) mass is 430 g/mol. The molecule has 1 N–H and O–H groups in total. The van der Waals surface area contributed by atoms with Crippen molar-refractivity contribution in [3.8, 4) is 11.5 Å². The van der Waals surface area contributed by atoms with E-state index in [4.69, 9.17) is 18.9 Å². The summed E-state index contributed by atoms with van der Waals surface area (Å²) in [6.07, 6.45) is 1.58. The lowest BCUT2D eigenvalue weighted by atomic mass is 9.65. The molecule has 8 nitrogen and oxygen atoms in total. The molecule has 4 aliphatic heterocycles. The zero-order valence-corrected chi connectivity index (χ0v) is 18.5. The van der Waals surface area contributed by atoms with Crippen LogP contribution in [0, 0.1) is 17.8 Å². The second-order valence-corrected chi connectivity index (χ2v) is 9.17. The van der Waals surface area contributed by atoms with E-state index in [2.05, 4.69) is 17.1 Å². The highest BCUT2D eigenvalue weighted by Gasteiger charge is 2.62. The van der Waals surface area contributed by atoms with Crippen molar-refractivity contribution in [1.29, 1.82) is 0 Å². The molecule has 1 aromatic rings. The molecule has 0 saturated carbocycles. The molecule has 31 heavy (non-hydrogen) atoms. The Labute approximate surface area is 182 Å². The summed E-state index contributed by atoms with van der Waals surface area (Å²) in [6.45, 7) is 4.13. The minimum Gasteiger partial charge on any atom is -0.493 e. The number of esters is 1. The van der Waals surface area contributed by atoms with E-state index in [0.717, 1.165) is 37.2 Å². The van der Waals surface area contributed by atoms with Gasteiger partial charge in [0, 0.05) is 30.3 Å². The maximum atomic E-state index is 13.5. The Kier molecular flexibility index (Phi) is 4.90. The van der Waals surface area contributed by atoms with Crippen molar-refractivity contribution < 1.29 is 28.5 Å². The van der Waals surface area contributed by atoms with Gasteiger partial charge < -0.3 is 24.3 Å². The molecular formula is C23H30N2O6. The number of anilines is 1. The second kappa shape index (κ2) is 7.38. The first-order valence-electron chi connectivity index (χ1n) is 11.0. The largest absolute Gasteiger partial charge is 0.493 e. The Morgan fingerprint density at radius 1 is 1.19 bits per heavy atom. The minimum atomic E-state index is -0.651. The molecule has 8 heteroatoms. The van der Waals surface area contributed by atoms with Gasteiger partial charge in [-0.05, 0) is 43.9 Å². The number of carbonyl (C=O) groups excluding carboxylic acids is 2. The summed E-state index contributed by atoms with van der Waals surface area (Å²) in [5.41, 5.74) is 1.11. The number of benzene rings is 1. The van der Waals surface area contributed by atoms with Crippen LogP contribution < -0.4 is 14.8 Å². The molecule has 6 atom stereocenters. The number of carbonyl (C=O) groups is 2. The highest BCUT2D eigenvalue weighted by molar-refractivity contribution is 6.07. The van der Waals surface area contributed by atoms with Crippen LogP contribution in [0.3, 0.4) is 0 Å². The Morgan fingerprint density at radius 2 is 1.94 bits per heavy atom. The third-order valence-electron chi connectivity index (χ3n) is 8.11. The highest BCUT2D eigenvalue weighted by atomic mass is 16.5. The maximum Gasteiger partial charge on any atom is 0.311 e. The van der Waals surface area contributed by atoms with Gasteiger partial charge in [0.05, 0.1) is 45.4 Å². The molecule has 3 saturated heterocycles. The average Bonchev–Trinajstić information content (AvgIpc) is 3.29. The summed E-state index contributed by atoms with van der Waals surface area (Å²) in [5, 5.41) is 3.10. The van der Waals surface area contributed by atoms with Crippen molar-refractivity contribution in [3.63, 3.8) is 0 Å². The van der Waals surface area contributed by atoms with Crippen molar-refractivity contribution in [2.45, 2.75) is 37.3 Å². The molecule has 168 valence electrons. The lowest BCUT2D eigenvalue weighted by Crippen LogP contribution is -2.59. The fourth-order valence-corrected chi connectivity index (χ4v) is 6.50. The van der Waals surface area contributed by atoms with Crippen molar-refractivity contribution in [2.75, 3.05) is 46.3 Å². The van der Waals surface area contributed by atoms with Crippen molar-refractivity contribution in [3.05, 3.63) is 17.7 Å². The van der Waals surface area contributed by atoms with Crippen molar-refractivity contribution in [2.24, 2.45) is 17.8 Å². The van der Waals surface area contributed by atoms with Gasteiger partial charge in [-0.15, -0.1) is 0 Å². The zero-order chi connectivity index (χ0) is 21.9. The molecule has 0 unspecified atom stereocenters. The topological polar surface area (TPSA) is 86.3 Å². The molecule has 0 bridgehead atoms. The van der Waals surface area contributed by atoms with E-state index in [1.54, 1.807) is 14.2 Å². The third kappa shape index (κ3) is 2.80. The van der Waals surface area contributed by atoms with Gasteiger partial charge in [0.15, 0.2) is 11.5 Å². The van der Waals surface area contributed by atoms with E-state index in [-0.39, 0.29) is 41.8 Å². The van der Waals surface area contributed by atoms with E-state index in [1.807, 2.05) is 12.1 Å². The molecule has 4 heterocycles. The van der Waals surface area contributed by atoms with Gasteiger partial charge in [0.1, 0.15) is 0 Å². The standard InChI is InChI=1S/C23H30N2O6/c1-12-14-10-25-6-5-23(20(25)7-13(14)15(11-31-12)21(26)30-4)16-8-18(28-2)19(29-3)9-17(16)24-22(23)27/h8-9,12-15,20H,5-7,10-11H2,1-4H3,(H,24,27)/t12-,13+,14-,15+,20+,23+/m1/s1. The van der Waals surface area contributed by atoms with Crippen LogP contribution in [-0.4, -0.2) is 69.9 Å². The molecule has 0 aliphatic carbocycles. The smallest absolute Gasteiger partial charge is 0.311 e. The number of nitrogens with one attached hydrogen (secondary N) is 1. The van der Waals surface area contributed by atoms with Crippen LogP contribution in [0.1, 0.15) is 25.3 Å². The molecule has 1 spiro atoms. The number of amides is 1. The summed E-state index contributed by atoms with van der Waals surface area (Å²) in [5.74, 6) is 1.12.